The van der Waals surface area contributed by atoms with E-state index in [2.05, 4.69) is 0 Å². The molecule has 0 aromatic carbocycles. The molecule has 0 amide bonds. The van der Waals surface area contributed by atoms with Gasteiger partial charge in [0.05, 0.1) is 17.3 Å². The zero-order valence-corrected chi connectivity index (χ0v) is 10.1. The monoisotopic (exact) mass is 256 g/mol. The summed E-state index contributed by atoms with van der Waals surface area (Å²) in [7, 11) is -6.33. The van der Waals surface area contributed by atoms with Crippen molar-refractivity contribution in [2.45, 2.75) is 6.42 Å². The third kappa shape index (κ3) is 3.71. The standard InChI is InChI=1S/C7H16N2O4S2/c8-2-1-5-15(12,13)9-3-6-14(10,11)7-4-9/h1-8H2. The van der Waals surface area contributed by atoms with Crippen molar-refractivity contribution >= 4 is 19.9 Å². The van der Waals surface area contributed by atoms with Gasteiger partial charge in [-0.05, 0) is 13.0 Å². The van der Waals surface area contributed by atoms with Crippen molar-refractivity contribution in [3.8, 4) is 0 Å². The van der Waals surface area contributed by atoms with E-state index in [-0.39, 0.29) is 30.3 Å². The number of sulfone groups is 1. The van der Waals surface area contributed by atoms with E-state index >= 15 is 0 Å². The zero-order valence-electron chi connectivity index (χ0n) is 8.42. The first kappa shape index (κ1) is 12.9. The normalized spacial score (nSPS) is 22.7. The summed E-state index contributed by atoms with van der Waals surface area (Å²) in [5.74, 6) is -0.146. The Hall–Kier alpha value is -0.180. The molecule has 0 aromatic heterocycles. The van der Waals surface area contributed by atoms with Gasteiger partial charge in [0, 0.05) is 13.1 Å². The van der Waals surface area contributed by atoms with Crippen molar-refractivity contribution in [2.75, 3.05) is 36.9 Å². The van der Waals surface area contributed by atoms with Gasteiger partial charge < -0.3 is 5.73 Å². The fourth-order valence-electron chi connectivity index (χ4n) is 1.37. The highest BCUT2D eigenvalue weighted by Gasteiger charge is 2.29. The van der Waals surface area contributed by atoms with Gasteiger partial charge in [-0.25, -0.2) is 16.8 Å². The van der Waals surface area contributed by atoms with Gasteiger partial charge in [0.2, 0.25) is 10.0 Å². The number of nitrogens with zero attached hydrogens (tertiary/aromatic N) is 1. The van der Waals surface area contributed by atoms with Gasteiger partial charge in [-0.15, -0.1) is 0 Å². The van der Waals surface area contributed by atoms with E-state index in [1.54, 1.807) is 0 Å². The van der Waals surface area contributed by atoms with E-state index in [0.717, 1.165) is 0 Å². The molecule has 0 aliphatic carbocycles. The van der Waals surface area contributed by atoms with Crippen molar-refractivity contribution in [1.82, 2.24) is 4.31 Å². The largest absolute Gasteiger partial charge is 0.330 e. The molecule has 6 nitrogen and oxygen atoms in total. The minimum atomic E-state index is -3.31. The first-order valence-electron chi connectivity index (χ1n) is 4.76. The lowest BCUT2D eigenvalue weighted by Crippen LogP contribution is -2.44. The summed E-state index contributed by atoms with van der Waals surface area (Å²) in [6.45, 7) is 0.482. The molecule has 90 valence electrons. The third-order valence-electron chi connectivity index (χ3n) is 2.30. The van der Waals surface area contributed by atoms with E-state index in [1.807, 2.05) is 0 Å². The molecule has 1 rings (SSSR count). The van der Waals surface area contributed by atoms with Gasteiger partial charge in [0.25, 0.3) is 0 Å². The van der Waals surface area contributed by atoms with Crippen molar-refractivity contribution in [3.05, 3.63) is 0 Å². The molecule has 0 saturated carbocycles. The molecule has 8 heteroatoms. The highest BCUT2D eigenvalue weighted by molar-refractivity contribution is 7.92. The average molecular weight is 256 g/mol. The molecular formula is C7H16N2O4S2. The molecule has 0 unspecified atom stereocenters. The highest BCUT2D eigenvalue weighted by Crippen LogP contribution is 2.09. The summed E-state index contributed by atoms with van der Waals surface area (Å²) in [4.78, 5) is 0. The van der Waals surface area contributed by atoms with Crippen LogP contribution in [0.25, 0.3) is 0 Å². The van der Waals surface area contributed by atoms with Crippen molar-refractivity contribution in [1.29, 1.82) is 0 Å². The Morgan fingerprint density at radius 1 is 1.20 bits per heavy atom. The Bertz CT molecular complexity index is 387. The van der Waals surface area contributed by atoms with Crippen molar-refractivity contribution < 1.29 is 16.8 Å². The van der Waals surface area contributed by atoms with Crippen molar-refractivity contribution in [2.24, 2.45) is 5.73 Å². The van der Waals surface area contributed by atoms with Crippen LogP contribution in [0.5, 0.6) is 0 Å². The van der Waals surface area contributed by atoms with Gasteiger partial charge >= 0.3 is 0 Å². The minimum absolute atomic E-state index is 0.00352. The van der Waals surface area contributed by atoms with Crippen LogP contribution in [0.1, 0.15) is 6.42 Å². The van der Waals surface area contributed by atoms with E-state index in [4.69, 9.17) is 5.73 Å². The van der Waals surface area contributed by atoms with Crippen LogP contribution in [0.15, 0.2) is 0 Å². The summed E-state index contributed by atoms with van der Waals surface area (Å²) in [5, 5.41) is 0. The number of hydrogen-bond acceptors (Lipinski definition) is 5. The smallest absolute Gasteiger partial charge is 0.214 e. The predicted octanol–water partition coefficient (Wildman–Crippen LogP) is -1.60. The van der Waals surface area contributed by atoms with Crippen LogP contribution in [0.4, 0.5) is 0 Å². The lowest BCUT2D eigenvalue weighted by Gasteiger charge is -2.25. The number of sulfonamides is 1. The van der Waals surface area contributed by atoms with Crippen LogP contribution in [-0.2, 0) is 19.9 Å². The average Bonchev–Trinajstić information content (AvgIpc) is 2.14. The Morgan fingerprint density at radius 2 is 1.73 bits per heavy atom. The fraction of sp³-hybridized carbons (Fsp3) is 1.00. The molecule has 0 radical (unpaired) electrons. The van der Waals surface area contributed by atoms with Crippen LogP contribution < -0.4 is 5.73 Å². The second kappa shape index (κ2) is 4.77. The Labute approximate surface area is 90.4 Å². The Balaban J connectivity index is 2.60. The second-order valence-electron chi connectivity index (χ2n) is 3.51. The first-order valence-corrected chi connectivity index (χ1v) is 8.19. The van der Waals surface area contributed by atoms with Crippen LogP contribution in [0, 0.1) is 0 Å². The Kier molecular flexibility index (Phi) is 4.10. The molecule has 1 saturated heterocycles. The van der Waals surface area contributed by atoms with Crippen LogP contribution in [-0.4, -0.2) is 58.0 Å². The molecule has 1 aliphatic rings. The summed E-state index contributed by atoms with van der Waals surface area (Å²) in [5.41, 5.74) is 5.23. The van der Waals surface area contributed by atoms with Gasteiger partial charge in [0.15, 0.2) is 9.84 Å². The molecule has 1 aliphatic heterocycles. The second-order valence-corrected chi connectivity index (χ2v) is 7.90. The molecular weight excluding hydrogens is 240 g/mol. The van der Waals surface area contributed by atoms with E-state index in [1.165, 1.54) is 4.31 Å². The number of rotatable bonds is 4. The minimum Gasteiger partial charge on any atom is -0.330 e. The number of hydrogen-bond donors (Lipinski definition) is 1. The fourth-order valence-corrected chi connectivity index (χ4v) is 4.33. The lowest BCUT2D eigenvalue weighted by molar-refractivity contribution is 0.430. The molecule has 0 atom stereocenters. The number of nitrogens with two attached hydrogens (primary N) is 1. The quantitative estimate of drug-likeness (QED) is 0.653. The van der Waals surface area contributed by atoms with Crippen LogP contribution >= 0.6 is 0 Å². The van der Waals surface area contributed by atoms with Crippen LogP contribution in [0.3, 0.4) is 0 Å². The summed E-state index contributed by atoms with van der Waals surface area (Å²) < 4.78 is 46.7. The third-order valence-corrected chi connectivity index (χ3v) is 5.87. The maximum Gasteiger partial charge on any atom is 0.214 e. The SMILES string of the molecule is NCCCS(=O)(=O)N1CCS(=O)(=O)CC1. The molecule has 15 heavy (non-hydrogen) atoms. The molecule has 1 heterocycles. The van der Waals surface area contributed by atoms with E-state index in [9.17, 15) is 16.8 Å². The Morgan fingerprint density at radius 3 is 2.20 bits per heavy atom. The maximum absolute atomic E-state index is 11.6. The van der Waals surface area contributed by atoms with E-state index < -0.39 is 19.9 Å². The van der Waals surface area contributed by atoms with Gasteiger partial charge in [-0.1, -0.05) is 0 Å². The first-order chi connectivity index (χ1) is 6.87. The molecule has 0 aromatic rings. The van der Waals surface area contributed by atoms with Crippen LogP contribution in [0.2, 0.25) is 0 Å². The molecule has 2 N–H and O–H groups in total. The van der Waals surface area contributed by atoms with Crippen molar-refractivity contribution in [3.63, 3.8) is 0 Å². The zero-order chi connectivity index (χ0) is 11.5. The predicted molar refractivity (Wildman–Crippen MR) is 57.7 cm³/mol. The van der Waals surface area contributed by atoms with Gasteiger partial charge in [-0.2, -0.15) is 4.31 Å². The molecule has 1 fully saturated rings. The summed E-state index contributed by atoms with van der Waals surface area (Å²) in [6.07, 6.45) is 0.408. The maximum atomic E-state index is 11.6. The van der Waals surface area contributed by atoms with E-state index in [0.29, 0.717) is 13.0 Å². The highest BCUT2D eigenvalue weighted by atomic mass is 32.2. The van der Waals surface area contributed by atoms with Gasteiger partial charge in [0.1, 0.15) is 0 Å². The molecule has 0 spiro atoms. The summed E-state index contributed by atoms with van der Waals surface area (Å²) in [6, 6.07) is 0. The topological polar surface area (TPSA) is 97.5 Å². The lowest BCUT2D eigenvalue weighted by atomic mass is 10.5. The van der Waals surface area contributed by atoms with Gasteiger partial charge in [-0.3, -0.25) is 0 Å². The molecule has 0 bridgehead atoms. The summed E-state index contributed by atoms with van der Waals surface area (Å²) >= 11 is 0.